The number of rotatable bonds is 4. The molecule has 148 valence electrons. The van der Waals surface area contributed by atoms with Gasteiger partial charge >= 0.3 is 0 Å². The summed E-state index contributed by atoms with van der Waals surface area (Å²) < 4.78 is 1.72. The molecule has 4 rings (SSSR count). The number of piperazine rings is 1. The van der Waals surface area contributed by atoms with Gasteiger partial charge in [0.25, 0.3) is 0 Å². The number of hydrogen-bond donors (Lipinski definition) is 1. The first-order valence-corrected chi connectivity index (χ1v) is 10.1. The van der Waals surface area contributed by atoms with Crippen LogP contribution in [0.2, 0.25) is 0 Å². The minimum absolute atomic E-state index is 0.0797. The Kier molecular flexibility index (Phi) is 5.32. The van der Waals surface area contributed by atoms with E-state index in [-0.39, 0.29) is 5.91 Å². The first-order chi connectivity index (χ1) is 13.7. The second-order valence-corrected chi connectivity index (χ2v) is 7.47. The lowest BCUT2D eigenvalue weighted by Gasteiger charge is -2.35. The lowest BCUT2D eigenvalue weighted by molar-refractivity contribution is -0.120. The highest BCUT2D eigenvalue weighted by Crippen LogP contribution is 2.32. The topological polar surface area (TPSA) is 65.8 Å². The third-order valence-electron chi connectivity index (χ3n) is 5.58. The third kappa shape index (κ3) is 3.74. The number of carbonyl (C=O) groups excluding carboxylic acids is 1. The van der Waals surface area contributed by atoms with Crippen molar-refractivity contribution < 1.29 is 4.79 Å². The Labute approximate surface area is 166 Å². The quantitative estimate of drug-likeness (QED) is 0.648. The SMILES string of the molecule is CCNC(=NCC1CCc2ccccc21)N1CCN(c2cnn(C)c2)C(=O)C1. The van der Waals surface area contributed by atoms with E-state index in [0.29, 0.717) is 19.0 Å². The maximum absolute atomic E-state index is 12.7. The molecule has 1 saturated heterocycles. The van der Waals surface area contributed by atoms with Crippen LogP contribution in [0.1, 0.15) is 30.4 Å². The van der Waals surface area contributed by atoms with Gasteiger partial charge in [-0.25, -0.2) is 0 Å². The van der Waals surface area contributed by atoms with Crippen LogP contribution >= 0.6 is 0 Å². The van der Waals surface area contributed by atoms with Crippen molar-refractivity contribution in [2.24, 2.45) is 12.0 Å². The Morgan fingerprint density at radius 2 is 2.18 bits per heavy atom. The van der Waals surface area contributed by atoms with Crippen LogP contribution in [0.4, 0.5) is 5.69 Å². The van der Waals surface area contributed by atoms with Gasteiger partial charge in [-0.15, -0.1) is 0 Å². The lowest BCUT2D eigenvalue weighted by atomic mass is 10.0. The van der Waals surface area contributed by atoms with Gasteiger partial charge < -0.3 is 15.1 Å². The van der Waals surface area contributed by atoms with E-state index in [1.54, 1.807) is 15.8 Å². The maximum Gasteiger partial charge on any atom is 0.246 e. The highest BCUT2D eigenvalue weighted by atomic mass is 16.2. The summed E-state index contributed by atoms with van der Waals surface area (Å²) in [5.41, 5.74) is 3.74. The molecule has 7 heteroatoms. The number of nitrogens with zero attached hydrogens (tertiary/aromatic N) is 5. The zero-order valence-electron chi connectivity index (χ0n) is 16.6. The first kappa shape index (κ1) is 18.5. The van der Waals surface area contributed by atoms with Crippen LogP contribution in [-0.4, -0.2) is 59.3 Å². The molecule has 2 aromatic rings. The molecule has 0 radical (unpaired) electrons. The van der Waals surface area contributed by atoms with Crippen molar-refractivity contribution in [3.8, 4) is 0 Å². The molecule has 1 aliphatic heterocycles. The summed E-state index contributed by atoms with van der Waals surface area (Å²) in [4.78, 5) is 21.5. The average Bonchev–Trinajstić information content (AvgIpc) is 3.31. The van der Waals surface area contributed by atoms with E-state index >= 15 is 0 Å². The molecule has 1 aromatic heterocycles. The van der Waals surface area contributed by atoms with Gasteiger partial charge in [0.1, 0.15) is 6.54 Å². The standard InChI is InChI=1S/C21H28N6O/c1-3-22-21(23-12-17-9-8-16-6-4-5-7-19(16)17)26-10-11-27(20(28)15-26)18-13-24-25(2)14-18/h4-7,13-14,17H,3,8-12,15H2,1-2H3,(H,22,23). The van der Waals surface area contributed by atoms with E-state index in [1.807, 2.05) is 13.2 Å². The summed E-state index contributed by atoms with van der Waals surface area (Å²) in [7, 11) is 1.86. The van der Waals surface area contributed by atoms with Crippen molar-refractivity contribution in [2.75, 3.05) is 37.6 Å². The van der Waals surface area contributed by atoms with Crippen LogP contribution in [-0.2, 0) is 18.3 Å². The Morgan fingerprint density at radius 3 is 2.93 bits per heavy atom. The monoisotopic (exact) mass is 380 g/mol. The molecule has 2 heterocycles. The zero-order valence-corrected chi connectivity index (χ0v) is 16.6. The van der Waals surface area contributed by atoms with Crippen LogP contribution in [0, 0.1) is 0 Å². The van der Waals surface area contributed by atoms with Gasteiger partial charge in [0.2, 0.25) is 5.91 Å². The summed E-state index contributed by atoms with van der Waals surface area (Å²) in [5.74, 6) is 1.39. The van der Waals surface area contributed by atoms with Gasteiger partial charge in [-0.1, -0.05) is 24.3 Å². The Bertz CT molecular complexity index is 873. The van der Waals surface area contributed by atoms with Crippen LogP contribution < -0.4 is 10.2 Å². The van der Waals surface area contributed by atoms with E-state index in [4.69, 9.17) is 4.99 Å². The Balaban J connectivity index is 1.44. The van der Waals surface area contributed by atoms with Crippen LogP contribution in [0.5, 0.6) is 0 Å². The lowest BCUT2D eigenvalue weighted by Crippen LogP contribution is -2.55. The van der Waals surface area contributed by atoms with Crippen molar-refractivity contribution in [1.29, 1.82) is 0 Å². The van der Waals surface area contributed by atoms with Gasteiger partial charge in [0, 0.05) is 45.3 Å². The number of nitrogens with one attached hydrogen (secondary N) is 1. The zero-order chi connectivity index (χ0) is 19.5. The van der Waals surface area contributed by atoms with E-state index in [9.17, 15) is 4.79 Å². The summed E-state index contributed by atoms with van der Waals surface area (Å²) >= 11 is 0. The minimum atomic E-state index is 0.0797. The molecule has 28 heavy (non-hydrogen) atoms. The molecule has 1 N–H and O–H groups in total. The molecule has 2 aliphatic rings. The van der Waals surface area contributed by atoms with Gasteiger partial charge in [0.15, 0.2) is 5.96 Å². The molecule has 1 unspecified atom stereocenters. The summed E-state index contributed by atoms with van der Waals surface area (Å²) in [5, 5.41) is 7.54. The van der Waals surface area contributed by atoms with E-state index in [1.165, 1.54) is 11.1 Å². The highest BCUT2D eigenvalue weighted by molar-refractivity contribution is 5.98. The predicted octanol–water partition coefficient (Wildman–Crippen LogP) is 1.76. The number of guanidine groups is 1. The Hall–Kier alpha value is -2.83. The summed E-state index contributed by atoms with van der Waals surface area (Å²) in [6.45, 7) is 5.35. The fraction of sp³-hybridized carbons (Fsp3) is 0.476. The Morgan fingerprint density at radius 1 is 1.32 bits per heavy atom. The maximum atomic E-state index is 12.7. The molecule has 1 amide bonds. The van der Waals surface area contributed by atoms with Gasteiger partial charge in [0.05, 0.1) is 11.9 Å². The average molecular weight is 380 g/mol. The number of amides is 1. The van der Waals surface area contributed by atoms with Crippen molar-refractivity contribution in [1.82, 2.24) is 20.0 Å². The van der Waals surface area contributed by atoms with E-state index < -0.39 is 0 Å². The second-order valence-electron chi connectivity index (χ2n) is 7.47. The number of benzene rings is 1. The predicted molar refractivity (Wildman–Crippen MR) is 111 cm³/mol. The van der Waals surface area contributed by atoms with Crippen LogP contribution in [0.25, 0.3) is 0 Å². The number of aromatic nitrogens is 2. The molecule has 1 aliphatic carbocycles. The molecular weight excluding hydrogens is 352 g/mol. The van der Waals surface area contributed by atoms with Gasteiger partial charge in [-0.3, -0.25) is 14.5 Å². The molecule has 0 spiro atoms. The number of aryl methyl sites for hydroxylation is 2. The molecule has 0 bridgehead atoms. The molecule has 1 atom stereocenters. The van der Waals surface area contributed by atoms with Crippen molar-refractivity contribution >= 4 is 17.6 Å². The minimum Gasteiger partial charge on any atom is -0.357 e. The molecular formula is C21H28N6O. The second kappa shape index (κ2) is 8.04. The highest BCUT2D eigenvalue weighted by Gasteiger charge is 2.28. The molecule has 7 nitrogen and oxygen atoms in total. The van der Waals surface area contributed by atoms with Crippen molar-refractivity contribution in [3.05, 3.63) is 47.8 Å². The van der Waals surface area contributed by atoms with Crippen LogP contribution in [0.3, 0.4) is 0 Å². The first-order valence-electron chi connectivity index (χ1n) is 10.1. The fourth-order valence-corrected chi connectivity index (χ4v) is 4.13. The van der Waals surface area contributed by atoms with Crippen molar-refractivity contribution in [2.45, 2.75) is 25.7 Å². The normalized spacial score (nSPS) is 19.9. The number of aliphatic imine (C=N–C) groups is 1. The van der Waals surface area contributed by atoms with Gasteiger partial charge in [-0.05, 0) is 30.9 Å². The number of fused-ring (bicyclic) bond motifs is 1. The van der Waals surface area contributed by atoms with Gasteiger partial charge in [-0.2, -0.15) is 5.10 Å². The number of anilines is 1. The van der Waals surface area contributed by atoms with Crippen molar-refractivity contribution in [3.63, 3.8) is 0 Å². The smallest absolute Gasteiger partial charge is 0.246 e. The summed E-state index contributed by atoms with van der Waals surface area (Å²) in [6, 6.07) is 8.68. The fourth-order valence-electron chi connectivity index (χ4n) is 4.13. The molecule has 1 aromatic carbocycles. The van der Waals surface area contributed by atoms with E-state index in [0.717, 1.165) is 44.1 Å². The number of carbonyl (C=O) groups is 1. The summed E-state index contributed by atoms with van der Waals surface area (Å²) in [6.07, 6.45) is 5.90. The van der Waals surface area contributed by atoms with Crippen LogP contribution in [0.15, 0.2) is 41.7 Å². The number of hydrogen-bond acceptors (Lipinski definition) is 3. The van der Waals surface area contributed by atoms with E-state index in [2.05, 4.69) is 46.5 Å². The molecule has 1 fully saturated rings. The molecule has 0 saturated carbocycles. The largest absolute Gasteiger partial charge is 0.357 e. The third-order valence-corrected chi connectivity index (χ3v) is 5.58.